The van der Waals surface area contributed by atoms with Crippen molar-refractivity contribution in [3.05, 3.63) is 0 Å². The van der Waals surface area contributed by atoms with Crippen LogP contribution >= 0.6 is 0 Å². The van der Waals surface area contributed by atoms with Crippen LogP contribution in [0.3, 0.4) is 0 Å². The Kier molecular flexibility index (Phi) is 35.9. The van der Waals surface area contributed by atoms with E-state index in [9.17, 15) is 0 Å². The molecule has 0 radical (unpaired) electrons. The van der Waals surface area contributed by atoms with E-state index < -0.39 is 12.3 Å². The van der Waals surface area contributed by atoms with Crippen LogP contribution in [0.1, 0.15) is 0 Å². The number of hydrogen-bond donors (Lipinski definition) is 0. The van der Waals surface area contributed by atoms with Gasteiger partial charge in [0.2, 0.25) is 0 Å². The third-order valence-corrected chi connectivity index (χ3v) is 0. The van der Waals surface area contributed by atoms with Crippen molar-refractivity contribution in [2.24, 2.45) is 0 Å². The van der Waals surface area contributed by atoms with Crippen LogP contribution in [0.15, 0.2) is 0 Å². The zero-order chi connectivity index (χ0) is 7.15. The first-order valence-electron chi connectivity index (χ1n) is 1.22. The molecule has 0 fully saturated rings. The first-order chi connectivity index (χ1) is 3.46. The second kappa shape index (κ2) is 15.9. The average Bonchev–Trinajstić information content (AvgIpc) is 1.25. The molecule has 0 amide bonds. The maximum atomic E-state index is 8.33. The molecule has 0 aromatic heterocycles. The molecular formula is C2MgNiO6. The Labute approximate surface area is 81.9 Å². The average molecular weight is 203 g/mol. The Bertz CT molecular complexity index is 73.7. The largest absolute Gasteiger partial charge is 2.00 e. The zero-order valence-electron chi connectivity index (χ0n) is 4.47. The van der Waals surface area contributed by atoms with Crippen molar-refractivity contribution < 1.29 is 46.5 Å². The normalized spacial score (nSPS) is 4.80. The van der Waals surface area contributed by atoms with Gasteiger partial charge in [0.05, 0.1) is 0 Å². The minimum atomic E-state index is -2.33. The van der Waals surface area contributed by atoms with E-state index in [-0.39, 0.29) is 39.5 Å². The van der Waals surface area contributed by atoms with Crippen molar-refractivity contribution in [2.45, 2.75) is 0 Å². The predicted octanol–water partition coefficient (Wildman–Crippen LogP) is -5.28. The van der Waals surface area contributed by atoms with E-state index in [2.05, 4.69) is 0 Å². The molecule has 0 aliphatic rings. The van der Waals surface area contributed by atoms with Gasteiger partial charge < -0.3 is 30.0 Å². The van der Waals surface area contributed by atoms with E-state index in [4.69, 9.17) is 30.0 Å². The molecule has 0 bridgehead atoms. The summed E-state index contributed by atoms with van der Waals surface area (Å²) in [4.78, 5) is 16.7. The second-order valence-electron chi connectivity index (χ2n) is 0.500. The molecule has 0 saturated heterocycles. The van der Waals surface area contributed by atoms with E-state index in [0.29, 0.717) is 0 Å². The van der Waals surface area contributed by atoms with Gasteiger partial charge in [0, 0.05) is 0 Å². The van der Waals surface area contributed by atoms with Crippen LogP contribution in [0.5, 0.6) is 0 Å². The summed E-state index contributed by atoms with van der Waals surface area (Å²) in [5.74, 6) is 0. The molecule has 0 spiro atoms. The van der Waals surface area contributed by atoms with Gasteiger partial charge in [0.1, 0.15) is 0 Å². The van der Waals surface area contributed by atoms with Gasteiger partial charge in [0.15, 0.2) is 0 Å². The minimum Gasteiger partial charge on any atom is -0.652 e. The van der Waals surface area contributed by atoms with Crippen molar-refractivity contribution in [2.75, 3.05) is 0 Å². The molecule has 0 saturated carbocycles. The van der Waals surface area contributed by atoms with E-state index in [1.165, 1.54) is 0 Å². The molecule has 56 valence electrons. The third-order valence-electron chi connectivity index (χ3n) is 0. The van der Waals surface area contributed by atoms with Gasteiger partial charge in [-0.15, -0.1) is 0 Å². The van der Waals surface area contributed by atoms with Crippen LogP contribution in [-0.4, -0.2) is 35.4 Å². The summed E-state index contributed by atoms with van der Waals surface area (Å²) in [7, 11) is 0. The molecule has 8 heteroatoms. The van der Waals surface area contributed by atoms with Crippen molar-refractivity contribution in [3.8, 4) is 0 Å². The Morgan fingerprint density at radius 1 is 0.800 bits per heavy atom. The minimum absolute atomic E-state index is 0. The van der Waals surface area contributed by atoms with Crippen molar-refractivity contribution in [1.29, 1.82) is 0 Å². The molecule has 0 heterocycles. The summed E-state index contributed by atoms with van der Waals surface area (Å²) in [6.07, 6.45) is -4.67. The van der Waals surface area contributed by atoms with Gasteiger partial charge >= 0.3 is 39.5 Å². The number of carbonyl (C=O) groups excluding carboxylic acids is 2. The van der Waals surface area contributed by atoms with Crippen LogP contribution in [0.4, 0.5) is 9.59 Å². The maximum absolute atomic E-state index is 8.33. The second-order valence-corrected chi connectivity index (χ2v) is 0.500. The van der Waals surface area contributed by atoms with Crippen LogP contribution in [0.25, 0.3) is 0 Å². The van der Waals surface area contributed by atoms with Gasteiger partial charge in [0.25, 0.3) is 0 Å². The van der Waals surface area contributed by atoms with Gasteiger partial charge in [-0.25, -0.2) is 0 Å². The Morgan fingerprint density at radius 2 is 0.800 bits per heavy atom. The van der Waals surface area contributed by atoms with Crippen molar-refractivity contribution in [3.63, 3.8) is 0 Å². The summed E-state index contributed by atoms with van der Waals surface area (Å²) >= 11 is 0. The molecule has 0 rings (SSSR count). The van der Waals surface area contributed by atoms with E-state index in [1.54, 1.807) is 0 Å². The van der Waals surface area contributed by atoms with Gasteiger partial charge in [-0.1, -0.05) is 0 Å². The fourth-order valence-electron chi connectivity index (χ4n) is 0. The fraction of sp³-hybridized carbons (Fsp3) is 0. The molecule has 0 unspecified atom stereocenters. The standard InChI is InChI=1S/2CH2O3.Mg.Ni/c2*2-1(3)4;;/h2*(H2,2,3,4);;/q;;2*+2/p-4. The zero-order valence-corrected chi connectivity index (χ0v) is 6.87. The van der Waals surface area contributed by atoms with Crippen molar-refractivity contribution >= 4 is 35.4 Å². The smallest absolute Gasteiger partial charge is 0.652 e. The summed E-state index contributed by atoms with van der Waals surface area (Å²) in [5.41, 5.74) is 0. The Balaban J connectivity index is -0.0000000300. The summed E-state index contributed by atoms with van der Waals surface area (Å²) in [5, 5.41) is 33.3. The van der Waals surface area contributed by atoms with Crippen LogP contribution in [0.2, 0.25) is 0 Å². The molecule has 6 nitrogen and oxygen atoms in total. The molecule has 0 atom stereocenters. The molecule has 0 aliphatic carbocycles. The fourth-order valence-corrected chi connectivity index (χ4v) is 0. The van der Waals surface area contributed by atoms with E-state index in [0.717, 1.165) is 0 Å². The Morgan fingerprint density at radius 3 is 0.800 bits per heavy atom. The molecule has 0 aliphatic heterocycles. The molecule has 0 aromatic carbocycles. The van der Waals surface area contributed by atoms with Crippen molar-refractivity contribution in [1.82, 2.24) is 0 Å². The number of rotatable bonds is 0. The third kappa shape index (κ3) is 8990. The number of hydrogen-bond acceptors (Lipinski definition) is 6. The monoisotopic (exact) mass is 202 g/mol. The van der Waals surface area contributed by atoms with E-state index >= 15 is 0 Å². The van der Waals surface area contributed by atoms with E-state index in [1.807, 2.05) is 0 Å². The van der Waals surface area contributed by atoms with Crippen LogP contribution < -0.4 is 20.4 Å². The molecular weight excluding hydrogens is 203 g/mol. The first kappa shape index (κ1) is 22.6. The number of carboxylic acid groups (broad SMARTS) is 4. The molecule has 0 N–H and O–H groups in total. The Hall–Kier alpha value is -0.200. The quantitative estimate of drug-likeness (QED) is 0.362. The summed E-state index contributed by atoms with van der Waals surface area (Å²) < 4.78 is 0. The van der Waals surface area contributed by atoms with Gasteiger partial charge in [-0.05, 0) is 12.3 Å². The van der Waals surface area contributed by atoms with Crippen LogP contribution in [-0.2, 0) is 16.5 Å². The number of carbonyl (C=O) groups is 2. The summed E-state index contributed by atoms with van der Waals surface area (Å²) in [6, 6.07) is 0. The first-order valence-corrected chi connectivity index (χ1v) is 1.22. The maximum Gasteiger partial charge on any atom is 2.00 e. The SMILES string of the molecule is O=C([O-])[O-].O=C([O-])[O-].[Mg+2].[Ni+2]. The van der Waals surface area contributed by atoms with Gasteiger partial charge in [-0.3, -0.25) is 0 Å². The molecule has 10 heavy (non-hydrogen) atoms. The topological polar surface area (TPSA) is 126 Å². The predicted molar refractivity (Wildman–Crippen MR) is 16.5 cm³/mol. The summed E-state index contributed by atoms with van der Waals surface area (Å²) in [6.45, 7) is 0. The van der Waals surface area contributed by atoms with Crippen LogP contribution in [0, 0.1) is 0 Å². The van der Waals surface area contributed by atoms with Gasteiger partial charge in [-0.2, -0.15) is 0 Å². The molecule has 0 aromatic rings.